The quantitative estimate of drug-likeness (QED) is 0.400. The number of ketones is 1. The van der Waals surface area contributed by atoms with E-state index in [-0.39, 0.29) is 11.7 Å². The second kappa shape index (κ2) is 9.78. The number of Topliss-reactive ketones (excluding diaryl/α,β-unsaturated/α-hetero) is 1. The van der Waals surface area contributed by atoms with Crippen LogP contribution in [0.15, 0.2) is 59.6 Å². The Morgan fingerprint density at radius 1 is 1.12 bits per heavy atom. The number of aliphatic imine (C=N–C) groups is 1. The molecule has 4 nitrogen and oxygen atoms in total. The molecule has 0 saturated carbocycles. The Morgan fingerprint density at radius 2 is 1.83 bits per heavy atom. The van der Waals surface area contributed by atoms with Crippen LogP contribution in [-0.4, -0.2) is 31.0 Å². The SMILES string of the molecule is O=BC=N[C@@H](Cc1ccc(OCc2ccccc2)cc1)C(=O)CCl. The molecule has 2 rings (SSSR count). The fraction of sp³-hybridized carbons (Fsp3) is 0.222. The summed E-state index contributed by atoms with van der Waals surface area (Å²) in [6, 6.07) is 16.7. The maximum atomic E-state index is 11.8. The number of hydrogen-bond donors (Lipinski definition) is 0. The Kier molecular flexibility index (Phi) is 7.37. The van der Waals surface area contributed by atoms with Gasteiger partial charge < -0.3 is 0 Å². The van der Waals surface area contributed by atoms with Gasteiger partial charge in [0.1, 0.15) is 0 Å². The molecule has 0 aliphatic rings. The Labute approximate surface area is 146 Å². The van der Waals surface area contributed by atoms with E-state index in [0.29, 0.717) is 20.2 Å². The number of halogens is 1. The molecule has 2 aromatic carbocycles. The first-order valence-electron chi connectivity index (χ1n) is 7.54. The van der Waals surface area contributed by atoms with Gasteiger partial charge in [0.15, 0.2) is 0 Å². The Bertz CT molecular complexity index is 689. The predicted octanol–water partition coefficient (Wildman–Crippen LogP) is 3.06. The van der Waals surface area contributed by atoms with Crippen molar-refractivity contribution in [1.82, 2.24) is 0 Å². The van der Waals surface area contributed by atoms with Gasteiger partial charge in [-0.1, -0.05) is 18.2 Å². The number of carbonyl (C=O) groups is 1. The van der Waals surface area contributed by atoms with E-state index in [1.54, 1.807) is 0 Å². The Morgan fingerprint density at radius 3 is 2.46 bits per heavy atom. The summed E-state index contributed by atoms with van der Waals surface area (Å²) in [6.07, 6.45) is 1.49. The zero-order valence-electron chi connectivity index (χ0n) is 13.1. The number of nitrogens with zero attached hydrogens (tertiary/aromatic N) is 1. The minimum absolute atomic E-state index is 0.126. The van der Waals surface area contributed by atoms with E-state index in [0.717, 1.165) is 23.0 Å². The first-order chi connectivity index (χ1) is 11.7. The number of carbonyl (C=O) groups excluding carboxylic acids is 1. The molecule has 2 aromatic rings. The molecule has 0 saturated heterocycles. The number of alkyl halides is 1. The number of rotatable bonds is 9. The van der Waals surface area contributed by atoms with Crippen molar-refractivity contribution in [3.63, 3.8) is 0 Å². The summed E-state index contributed by atoms with van der Waals surface area (Å²) in [5.41, 5.74) is 2.02. The van der Waals surface area contributed by atoms with Crippen molar-refractivity contribution in [2.45, 2.75) is 19.1 Å². The molecule has 0 aliphatic heterocycles. The molecule has 0 spiro atoms. The molecule has 6 heteroatoms. The zero-order chi connectivity index (χ0) is 17.2. The van der Waals surface area contributed by atoms with Crippen LogP contribution >= 0.6 is 11.6 Å². The van der Waals surface area contributed by atoms with Crippen LogP contribution in [0.2, 0.25) is 0 Å². The van der Waals surface area contributed by atoms with E-state index < -0.39 is 6.04 Å². The third kappa shape index (κ3) is 5.74. The molecular weight excluding hydrogens is 324 g/mol. The average Bonchev–Trinajstić information content (AvgIpc) is 2.64. The molecular formula is C18H17BClNO3. The second-order valence-corrected chi connectivity index (χ2v) is 5.44. The van der Waals surface area contributed by atoms with Gasteiger partial charge in [-0.05, 0) is 0 Å². The molecule has 0 heterocycles. The van der Waals surface area contributed by atoms with Gasteiger partial charge in [-0.3, -0.25) is 0 Å². The van der Waals surface area contributed by atoms with E-state index in [4.69, 9.17) is 16.3 Å². The van der Waals surface area contributed by atoms with Crippen molar-refractivity contribution in [2.75, 3.05) is 5.88 Å². The van der Waals surface area contributed by atoms with Crippen LogP contribution in [0.1, 0.15) is 11.1 Å². The van der Waals surface area contributed by atoms with Crippen molar-refractivity contribution in [1.29, 1.82) is 0 Å². The second-order valence-electron chi connectivity index (χ2n) is 5.17. The van der Waals surface area contributed by atoms with Gasteiger partial charge >= 0.3 is 128 Å². The summed E-state index contributed by atoms with van der Waals surface area (Å²) in [6.45, 7) is 0.497. The van der Waals surface area contributed by atoms with E-state index in [1.807, 2.05) is 54.6 Å². The molecule has 0 fully saturated rings. The van der Waals surface area contributed by atoms with E-state index >= 15 is 0 Å². The molecule has 122 valence electrons. The normalized spacial score (nSPS) is 11.9. The van der Waals surface area contributed by atoms with E-state index in [2.05, 4.69) is 4.99 Å². The molecule has 0 N–H and O–H groups in total. The van der Waals surface area contributed by atoms with Gasteiger partial charge in [0, 0.05) is 0 Å². The number of benzene rings is 2. The first-order valence-corrected chi connectivity index (χ1v) is 8.07. The van der Waals surface area contributed by atoms with Crippen LogP contribution in [-0.2, 0) is 22.5 Å². The molecule has 0 radical (unpaired) electrons. The van der Waals surface area contributed by atoms with Crippen molar-refractivity contribution in [3.05, 3.63) is 65.7 Å². The van der Waals surface area contributed by atoms with Gasteiger partial charge in [-0.2, -0.15) is 0 Å². The van der Waals surface area contributed by atoms with Crippen LogP contribution < -0.4 is 4.74 Å². The molecule has 0 bridgehead atoms. The van der Waals surface area contributed by atoms with Crippen LogP contribution in [0.3, 0.4) is 0 Å². The van der Waals surface area contributed by atoms with Crippen molar-refractivity contribution in [3.8, 4) is 5.75 Å². The van der Waals surface area contributed by atoms with Gasteiger partial charge in [-0.25, -0.2) is 0 Å². The van der Waals surface area contributed by atoms with Crippen molar-refractivity contribution < 1.29 is 14.2 Å². The van der Waals surface area contributed by atoms with Gasteiger partial charge in [0.05, 0.1) is 0 Å². The van der Waals surface area contributed by atoms with Crippen LogP contribution in [0.4, 0.5) is 0 Å². The van der Waals surface area contributed by atoms with E-state index in [1.165, 1.54) is 0 Å². The number of hydrogen-bond acceptors (Lipinski definition) is 4. The standard InChI is InChI=1S/C18H17BClNO3/c20-11-18(22)17(21-13-19-23)10-14-6-8-16(9-7-14)24-12-15-4-2-1-3-5-15/h1-9,13,17H,10-12H2/t17-/m0/s1. The van der Waals surface area contributed by atoms with E-state index in [9.17, 15) is 9.50 Å². The Balaban J connectivity index is 1.96. The monoisotopic (exact) mass is 341 g/mol. The fourth-order valence-corrected chi connectivity index (χ4v) is 2.34. The summed E-state index contributed by atoms with van der Waals surface area (Å²) in [5.74, 6) is 0.414. The molecule has 24 heavy (non-hydrogen) atoms. The summed E-state index contributed by atoms with van der Waals surface area (Å²) in [4.78, 5) is 15.7. The summed E-state index contributed by atoms with van der Waals surface area (Å²) < 4.78 is 16.1. The van der Waals surface area contributed by atoms with Crippen LogP contribution in [0.5, 0.6) is 5.75 Å². The van der Waals surface area contributed by atoms with Gasteiger partial charge in [-0.15, -0.1) is 0 Å². The van der Waals surface area contributed by atoms with Gasteiger partial charge in [0.25, 0.3) is 0 Å². The summed E-state index contributed by atoms with van der Waals surface area (Å²) in [7, 11) is 0.551. The minimum atomic E-state index is -0.635. The van der Waals surface area contributed by atoms with Crippen LogP contribution in [0, 0.1) is 0 Å². The maximum absolute atomic E-state index is 11.8. The third-order valence-electron chi connectivity index (χ3n) is 3.43. The van der Waals surface area contributed by atoms with Gasteiger partial charge in [0.2, 0.25) is 0 Å². The molecule has 1 atom stereocenters. The average molecular weight is 342 g/mol. The molecule has 0 amide bonds. The van der Waals surface area contributed by atoms with Crippen molar-refractivity contribution in [2.24, 2.45) is 4.99 Å². The predicted molar refractivity (Wildman–Crippen MR) is 95.4 cm³/mol. The summed E-state index contributed by atoms with van der Waals surface area (Å²) in [5, 5.41) is 0. The fourth-order valence-electron chi connectivity index (χ4n) is 2.16. The molecule has 0 unspecified atom stereocenters. The molecule has 0 aromatic heterocycles. The Hall–Kier alpha value is -2.27. The molecule has 0 aliphatic carbocycles. The topological polar surface area (TPSA) is 55.7 Å². The third-order valence-corrected chi connectivity index (χ3v) is 3.69. The number of ether oxygens (including phenoxy) is 1. The first kappa shape index (κ1) is 18.1. The van der Waals surface area contributed by atoms with Crippen molar-refractivity contribution >= 4 is 30.6 Å². The summed E-state index contributed by atoms with van der Waals surface area (Å²) >= 11 is 5.58. The zero-order valence-corrected chi connectivity index (χ0v) is 13.9. The van der Waals surface area contributed by atoms with Crippen LogP contribution in [0.25, 0.3) is 0 Å².